The van der Waals surface area contributed by atoms with Crippen LogP contribution in [0.3, 0.4) is 0 Å². The second-order valence-corrected chi connectivity index (χ2v) is 10.2. The van der Waals surface area contributed by atoms with Gasteiger partial charge in [0.05, 0.1) is 48.1 Å². The largest absolute Gasteiger partial charge is 0.490 e. The van der Waals surface area contributed by atoms with Gasteiger partial charge < -0.3 is 23.7 Å². The molecule has 0 saturated heterocycles. The lowest BCUT2D eigenvalue weighted by atomic mass is 9.97. The maximum atomic E-state index is 13.8. The summed E-state index contributed by atoms with van der Waals surface area (Å²) in [6.07, 6.45) is 3.16. The average Bonchev–Trinajstić information content (AvgIpc) is 3.27. The molecule has 4 rings (SSSR count). The minimum atomic E-state index is -0.790. The second-order valence-electron chi connectivity index (χ2n) is 8.30. The number of fused-ring (bicyclic) bond motifs is 1. The fourth-order valence-electron chi connectivity index (χ4n) is 4.06. The summed E-state index contributed by atoms with van der Waals surface area (Å²) >= 11 is 4.64. The van der Waals surface area contributed by atoms with Crippen molar-refractivity contribution in [1.82, 2.24) is 4.57 Å². The summed E-state index contributed by atoms with van der Waals surface area (Å²) in [7, 11) is 2.57. The van der Waals surface area contributed by atoms with Crippen LogP contribution in [0, 0.1) is 0 Å². The molecule has 0 fully saturated rings. The molecule has 0 spiro atoms. The van der Waals surface area contributed by atoms with Gasteiger partial charge in [-0.15, -0.1) is 0 Å². The van der Waals surface area contributed by atoms with Crippen LogP contribution in [0.5, 0.6) is 17.2 Å². The highest BCUT2D eigenvalue weighted by Crippen LogP contribution is 2.35. The third-order valence-electron chi connectivity index (χ3n) is 5.83. The Kier molecular flexibility index (Phi) is 9.43. The van der Waals surface area contributed by atoms with E-state index in [2.05, 4.69) is 25.7 Å². The van der Waals surface area contributed by atoms with Gasteiger partial charge in [0.1, 0.15) is 5.75 Å². The summed E-state index contributed by atoms with van der Waals surface area (Å²) in [4.78, 5) is 42.7. The van der Waals surface area contributed by atoms with Crippen LogP contribution in [0.4, 0.5) is 0 Å². The van der Waals surface area contributed by atoms with E-state index in [1.807, 2.05) is 13.8 Å². The first kappa shape index (κ1) is 29.1. The lowest BCUT2D eigenvalue weighted by molar-refractivity contribution is -0.143. The summed E-state index contributed by atoms with van der Waals surface area (Å²) < 4.78 is 29.0. The maximum absolute atomic E-state index is 13.8. The van der Waals surface area contributed by atoms with E-state index in [1.54, 1.807) is 42.5 Å². The lowest BCUT2D eigenvalue weighted by Crippen LogP contribution is -2.39. The standard InChI is InChI=1S/C28H27BrN2O8S/c1-5-37-21-10-8-17(13-22(21)38-6-2)25-18(27(34)36-4)14-30-28-31(25)26(33)23(40-28)12-16-7-9-20(19(29)11-16)39-15-24(32)35-3/h7-14,25H,5-6,15H2,1-4H3/b23-12-/t25-/m0/s1. The van der Waals surface area contributed by atoms with Gasteiger partial charge in [-0.25, -0.2) is 14.6 Å². The van der Waals surface area contributed by atoms with Crippen LogP contribution in [-0.4, -0.2) is 50.5 Å². The molecular formula is C28H27BrN2O8S. The highest BCUT2D eigenvalue weighted by molar-refractivity contribution is 9.10. The zero-order valence-corrected chi connectivity index (χ0v) is 24.7. The number of esters is 2. The van der Waals surface area contributed by atoms with E-state index in [0.29, 0.717) is 55.4 Å². The molecule has 12 heteroatoms. The molecule has 0 radical (unpaired) electrons. The van der Waals surface area contributed by atoms with Crippen LogP contribution in [0.15, 0.2) is 62.4 Å². The third-order valence-corrected chi connectivity index (χ3v) is 7.45. The molecule has 10 nitrogen and oxygen atoms in total. The predicted octanol–water partition coefficient (Wildman–Crippen LogP) is 3.13. The van der Waals surface area contributed by atoms with Crippen LogP contribution < -0.4 is 29.1 Å². The van der Waals surface area contributed by atoms with Crippen molar-refractivity contribution in [2.45, 2.75) is 19.9 Å². The Bertz CT molecular complexity index is 1640. The van der Waals surface area contributed by atoms with Gasteiger partial charge in [0, 0.05) is 6.20 Å². The summed E-state index contributed by atoms with van der Waals surface area (Å²) in [5, 5.41) is 0. The van der Waals surface area contributed by atoms with E-state index in [1.165, 1.54) is 36.3 Å². The van der Waals surface area contributed by atoms with E-state index in [-0.39, 0.29) is 17.7 Å². The number of thiazole rings is 1. The van der Waals surface area contributed by atoms with Crippen molar-refractivity contribution >= 4 is 45.3 Å². The van der Waals surface area contributed by atoms with Gasteiger partial charge in [0.15, 0.2) is 22.9 Å². The van der Waals surface area contributed by atoms with E-state index < -0.39 is 18.0 Å². The topological polar surface area (TPSA) is 115 Å². The predicted molar refractivity (Wildman–Crippen MR) is 152 cm³/mol. The second kappa shape index (κ2) is 13.0. The first-order chi connectivity index (χ1) is 19.3. The Hall–Kier alpha value is -3.90. The van der Waals surface area contributed by atoms with Crippen molar-refractivity contribution < 1.29 is 33.3 Å². The van der Waals surface area contributed by atoms with E-state index in [4.69, 9.17) is 18.9 Å². The number of nitrogens with zero attached hydrogens (tertiary/aromatic N) is 2. The molecule has 0 bridgehead atoms. The molecule has 0 saturated carbocycles. The zero-order chi connectivity index (χ0) is 28.8. The van der Waals surface area contributed by atoms with Crippen LogP contribution >= 0.6 is 27.3 Å². The van der Waals surface area contributed by atoms with Crippen LogP contribution in [0.2, 0.25) is 0 Å². The van der Waals surface area contributed by atoms with Gasteiger partial charge >= 0.3 is 11.9 Å². The maximum Gasteiger partial charge on any atom is 0.343 e. The summed E-state index contributed by atoms with van der Waals surface area (Å²) in [6.45, 7) is 4.37. The molecule has 0 unspecified atom stereocenters. The Balaban J connectivity index is 1.79. The lowest BCUT2D eigenvalue weighted by Gasteiger charge is -2.23. The fourth-order valence-corrected chi connectivity index (χ4v) is 5.54. The van der Waals surface area contributed by atoms with Crippen LogP contribution in [0.25, 0.3) is 6.08 Å². The number of halogens is 1. The number of hydrogen-bond acceptors (Lipinski definition) is 10. The van der Waals surface area contributed by atoms with E-state index >= 15 is 0 Å². The molecule has 2 heterocycles. The van der Waals surface area contributed by atoms with Crippen LogP contribution in [-0.2, 0) is 19.1 Å². The molecule has 1 aliphatic heterocycles. The molecule has 0 N–H and O–H groups in total. The quantitative estimate of drug-likeness (QED) is 0.314. The van der Waals surface area contributed by atoms with Gasteiger partial charge in [-0.2, -0.15) is 0 Å². The first-order valence-corrected chi connectivity index (χ1v) is 13.9. The van der Waals surface area contributed by atoms with E-state index in [9.17, 15) is 14.4 Å². The molecule has 0 aliphatic carbocycles. The molecule has 0 amide bonds. The molecule has 2 aromatic carbocycles. The summed E-state index contributed by atoms with van der Waals surface area (Å²) in [6, 6.07) is 9.74. The first-order valence-electron chi connectivity index (χ1n) is 12.3. The van der Waals surface area contributed by atoms with Gasteiger partial charge in [-0.3, -0.25) is 9.36 Å². The van der Waals surface area contributed by atoms with Gasteiger partial charge in [-0.05, 0) is 71.2 Å². The Morgan fingerprint density at radius 2 is 1.73 bits per heavy atom. The average molecular weight is 632 g/mol. The molecule has 40 heavy (non-hydrogen) atoms. The molecule has 1 aliphatic rings. The number of hydrogen-bond donors (Lipinski definition) is 0. The Morgan fingerprint density at radius 3 is 2.40 bits per heavy atom. The molecular weight excluding hydrogens is 604 g/mol. The van der Waals surface area contributed by atoms with Gasteiger partial charge in [0.2, 0.25) is 0 Å². The van der Waals surface area contributed by atoms with Crippen molar-refractivity contribution in [3.05, 3.63) is 83.5 Å². The smallest absolute Gasteiger partial charge is 0.343 e. The highest BCUT2D eigenvalue weighted by Gasteiger charge is 2.31. The minimum absolute atomic E-state index is 0.211. The fraction of sp³-hybridized carbons (Fsp3) is 0.286. The molecule has 1 atom stereocenters. The number of methoxy groups -OCH3 is 2. The number of carbonyl (C=O) groups is 2. The van der Waals surface area contributed by atoms with Crippen molar-refractivity contribution in [1.29, 1.82) is 0 Å². The third kappa shape index (κ3) is 6.13. The number of benzene rings is 2. The Morgan fingerprint density at radius 1 is 1.00 bits per heavy atom. The Labute approximate surface area is 242 Å². The molecule has 1 aromatic heterocycles. The van der Waals surface area contributed by atoms with Gasteiger partial charge in [0.25, 0.3) is 5.56 Å². The van der Waals surface area contributed by atoms with Crippen LogP contribution in [0.1, 0.15) is 31.0 Å². The van der Waals surface area contributed by atoms with Crippen molar-refractivity contribution in [2.24, 2.45) is 4.99 Å². The van der Waals surface area contributed by atoms with E-state index in [0.717, 1.165) is 0 Å². The SMILES string of the molecule is CCOc1ccc([C@H]2C(C(=O)OC)=CN=c3s/c(=C\c4ccc(OCC(=O)OC)c(Br)c4)c(=O)n32)cc1OCC. The monoisotopic (exact) mass is 630 g/mol. The van der Waals surface area contributed by atoms with Crippen molar-refractivity contribution in [3.63, 3.8) is 0 Å². The summed E-state index contributed by atoms with van der Waals surface area (Å²) in [5.41, 5.74) is 1.24. The number of carbonyl (C=O) groups excluding carboxylic acids is 2. The number of rotatable bonds is 10. The normalized spacial score (nSPS) is 14.5. The number of ether oxygens (including phenoxy) is 5. The van der Waals surface area contributed by atoms with Crippen molar-refractivity contribution in [3.8, 4) is 17.2 Å². The minimum Gasteiger partial charge on any atom is -0.490 e. The summed E-state index contributed by atoms with van der Waals surface area (Å²) in [5.74, 6) is 0.422. The molecule has 210 valence electrons. The highest BCUT2D eigenvalue weighted by atomic mass is 79.9. The zero-order valence-electron chi connectivity index (χ0n) is 22.3. The van der Waals surface area contributed by atoms with Gasteiger partial charge in [-0.1, -0.05) is 23.5 Å². The number of aromatic nitrogens is 1. The van der Waals surface area contributed by atoms with Crippen molar-refractivity contribution in [2.75, 3.05) is 34.0 Å². The molecule has 3 aromatic rings.